The molecule has 1 aromatic heterocycles. The van der Waals surface area contributed by atoms with Crippen LogP contribution in [-0.2, 0) is 35.1 Å². The number of nitrogens with zero attached hydrogens (tertiary/aromatic N) is 4. The number of likely N-dealkylation sites (N-methyl/N-ethyl adjacent to an activating group) is 1. The average molecular weight is 876 g/mol. The number of imide groups is 1. The molecule has 1 fully saturated rings. The molecular weight excluding hydrogens is 803 g/mol. The minimum atomic E-state index is -0.845. The second-order valence-corrected chi connectivity index (χ2v) is 17.9. The van der Waals surface area contributed by atoms with Crippen LogP contribution in [0, 0.1) is 23.7 Å². The Kier molecular flexibility index (Phi) is 19.7. The summed E-state index contributed by atoms with van der Waals surface area (Å²) in [4.78, 5) is 90.3. The summed E-state index contributed by atoms with van der Waals surface area (Å²) in [7, 11) is 4.86. The lowest BCUT2D eigenvalue weighted by atomic mass is 9.89. The predicted octanol–water partition coefficient (Wildman–Crippen LogP) is 4.49. The number of aromatic nitrogens is 1. The van der Waals surface area contributed by atoms with Crippen molar-refractivity contribution in [3.8, 4) is 0 Å². The molecule has 3 heterocycles. The summed E-state index contributed by atoms with van der Waals surface area (Å²) < 4.78 is 12.0. The van der Waals surface area contributed by atoms with Crippen molar-refractivity contribution in [1.29, 1.82) is 0 Å². The van der Waals surface area contributed by atoms with Gasteiger partial charge in [-0.15, -0.1) is 0 Å². The van der Waals surface area contributed by atoms with Gasteiger partial charge in [-0.25, -0.2) is 0 Å². The van der Waals surface area contributed by atoms with Crippen LogP contribution in [0.25, 0.3) is 0 Å². The van der Waals surface area contributed by atoms with Gasteiger partial charge in [-0.3, -0.25) is 38.7 Å². The molecule has 8 atom stereocenters. The highest BCUT2D eigenvalue weighted by Crippen LogP contribution is 2.30. The lowest BCUT2D eigenvalue weighted by molar-refractivity contribution is -0.147. The molecule has 2 aromatic rings. The lowest BCUT2D eigenvalue weighted by Crippen LogP contribution is -2.60. The summed E-state index contributed by atoms with van der Waals surface area (Å²) in [6.07, 6.45) is 6.36. The maximum absolute atomic E-state index is 14.5. The fraction of sp³-hybridized carbons (Fsp3) is 0.646. The van der Waals surface area contributed by atoms with Gasteiger partial charge in [0.15, 0.2) is 0 Å². The van der Waals surface area contributed by atoms with Gasteiger partial charge in [0, 0.05) is 53.3 Å². The topological polar surface area (TPSA) is 180 Å². The van der Waals surface area contributed by atoms with Crippen LogP contribution in [0.15, 0.2) is 48.8 Å². The van der Waals surface area contributed by atoms with Crippen LogP contribution in [0.5, 0.6) is 0 Å². The van der Waals surface area contributed by atoms with E-state index in [-0.39, 0.29) is 72.2 Å². The Morgan fingerprint density at radius 2 is 1.49 bits per heavy atom. The number of amides is 6. The predicted molar refractivity (Wildman–Crippen MR) is 242 cm³/mol. The van der Waals surface area contributed by atoms with Crippen molar-refractivity contribution < 1.29 is 38.2 Å². The number of pyridine rings is 1. The van der Waals surface area contributed by atoms with Gasteiger partial charge in [-0.2, -0.15) is 0 Å². The van der Waals surface area contributed by atoms with Crippen LogP contribution >= 0.6 is 0 Å². The Hall–Kier alpha value is -4.73. The Morgan fingerprint density at radius 3 is 2.06 bits per heavy atom. The molecule has 4 rings (SSSR count). The first kappa shape index (κ1) is 50.9. The fourth-order valence-corrected chi connectivity index (χ4v) is 9.05. The number of benzene rings is 1. The number of likely N-dealkylation sites (tertiary alicyclic amines) is 1. The number of carbonyl (C=O) groups is 6. The van der Waals surface area contributed by atoms with Gasteiger partial charge in [-0.1, -0.05) is 67.0 Å². The van der Waals surface area contributed by atoms with Crippen LogP contribution in [-0.4, -0.2) is 139 Å². The number of carbonyl (C=O) groups excluding carboxylic acids is 6. The molecule has 0 radical (unpaired) electrons. The van der Waals surface area contributed by atoms with Crippen LogP contribution in [0.1, 0.15) is 113 Å². The van der Waals surface area contributed by atoms with Crippen molar-refractivity contribution in [3.63, 3.8) is 0 Å². The van der Waals surface area contributed by atoms with E-state index in [0.717, 1.165) is 12.0 Å². The number of rotatable bonds is 25. The van der Waals surface area contributed by atoms with E-state index >= 15 is 0 Å². The molecule has 2 aliphatic heterocycles. The van der Waals surface area contributed by atoms with Crippen molar-refractivity contribution in [3.05, 3.63) is 65.5 Å². The van der Waals surface area contributed by atoms with E-state index in [9.17, 15) is 28.8 Å². The molecule has 2 aliphatic rings. The van der Waals surface area contributed by atoms with Crippen LogP contribution in [0.3, 0.4) is 0 Å². The number of fused-ring (bicyclic) bond motifs is 1. The van der Waals surface area contributed by atoms with Gasteiger partial charge in [0.25, 0.3) is 11.8 Å². The Bertz CT molecular complexity index is 1810. The van der Waals surface area contributed by atoms with Gasteiger partial charge in [-0.05, 0) is 86.2 Å². The van der Waals surface area contributed by atoms with E-state index in [0.29, 0.717) is 62.9 Å². The molecule has 0 aliphatic carbocycles. The van der Waals surface area contributed by atoms with E-state index in [1.807, 2.05) is 65.5 Å². The van der Waals surface area contributed by atoms with E-state index in [1.54, 1.807) is 62.8 Å². The summed E-state index contributed by atoms with van der Waals surface area (Å²) in [6.45, 7) is 15.3. The summed E-state index contributed by atoms with van der Waals surface area (Å²) in [6, 6.07) is 8.43. The Morgan fingerprint density at radius 1 is 0.857 bits per heavy atom. The highest BCUT2D eigenvalue weighted by molar-refractivity contribution is 6.21. The summed E-state index contributed by atoms with van der Waals surface area (Å²) in [5.74, 6) is -2.31. The van der Waals surface area contributed by atoms with Crippen LogP contribution in [0.2, 0.25) is 0 Å². The van der Waals surface area contributed by atoms with E-state index in [1.165, 1.54) is 4.90 Å². The van der Waals surface area contributed by atoms with Crippen molar-refractivity contribution in [2.45, 2.75) is 130 Å². The number of nitrogens with one attached hydrogen (secondary N) is 3. The molecule has 0 saturated carbocycles. The van der Waals surface area contributed by atoms with Gasteiger partial charge < -0.3 is 35.2 Å². The number of ether oxygens (including phenoxy) is 2. The molecule has 1 saturated heterocycles. The second-order valence-electron chi connectivity index (χ2n) is 17.9. The zero-order valence-corrected chi connectivity index (χ0v) is 39.2. The van der Waals surface area contributed by atoms with Crippen molar-refractivity contribution in [2.24, 2.45) is 23.7 Å². The first-order chi connectivity index (χ1) is 30.1. The zero-order chi connectivity index (χ0) is 46.4. The molecule has 1 aromatic carbocycles. The fourth-order valence-electron chi connectivity index (χ4n) is 9.05. The molecule has 15 nitrogen and oxygen atoms in total. The third kappa shape index (κ3) is 12.9. The van der Waals surface area contributed by atoms with E-state index in [2.05, 4.69) is 20.9 Å². The lowest BCUT2D eigenvalue weighted by Gasteiger charge is -2.41. The third-order valence-electron chi connectivity index (χ3n) is 13.0. The largest absolute Gasteiger partial charge is 0.379 e. The summed E-state index contributed by atoms with van der Waals surface area (Å²) in [5, 5.41) is 9.42. The molecule has 15 heteroatoms. The molecule has 63 heavy (non-hydrogen) atoms. The molecular formula is C48H73N7O8. The van der Waals surface area contributed by atoms with Crippen LogP contribution < -0.4 is 16.0 Å². The van der Waals surface area contributed by atoms with Crippen molar-refractivity contribution in [2.75, 3.05) is 47.4 Å². The molecule has 0 bridgehead atoms. The Balaban J connectivity index is 1.37. The smallest absolute Gasteiger partial charge is 0.261 e. The molecule has 0 unspecified atom stereocenters. The average Bonchev–Trinajstić information content (AvgIpc) is 3.85. The summed E-state index contributed by atoms with van der Waals surface area (Å²) >= 11 is 0. The molecule has 348 valence electrons. The van der Waals surface area contributed by atoms with Gasteiger partial charge >= 0.3 is 0 Å². The molecule has 0 spiro atoms. The minimum Gasteiger partial charge on any atom is -0.379 e. The maximum Gasteiger partial charge on any atom is 0.261 e. The quantitative estimate of drug-likeness (QED) is 0.0951. The van der Waals surface area contributed by atoms with Crippen molar-refractivity contribution in [1.82, 2.24) is 35.6 Å². The van der Waals surface area contributed by atoms with Crippen molar-refractivity contribution >= 4 is 35.4 Å². The minimum absolute atomic E-state index is 0.0215. The summed E-state index contributed by atoms with van der Waals surface area (Å²) in [5.41, 5.74) is 1.92. The van der Waals surface area contributed by atoms with Gasteiger partial charge in [0.1, 0.15) is 6.04 Å². The van der Waals surface area contributed by atoms with Crippen LogP contribution in [0.4, 0.5) is 0 Å². The number of methoxy groups -OCH3 is 2. The monoisotopic (exact) mass is 876 g/mol. The normalized spacial score (nSPS) is 18.4. The first-order valence-corrected chi connectivity index (χ1v) is 22.8. The first-order valence-electron chi connectivity index (χ1n) is 22.8. The highest BCUT2D eigenvalue weighted by atomic mass is 16.5. The Labute approximate surface area is 374 Å². The molecule has 6 amide bonds. The second kappa shape index (κ2) is 24.4. The SMILES string of the molecule is CC[C@H](C)[C@@H]([C@@H](CC(=O)N1CCC[C@H]1[C@H](OC)[C@@H](C)C(=O)NCCc1ccncc1)OC)N(C)C(=O)[C@@H](NC(=O)[C@@H](NCCCCN1C(=O)c2ccccc2C1=O)C(C)C)C(C)C. The van der Waals surface area contributed by atoms with Gasteiger partial charge in [0.05, 0.1) is 53.8 Å². The number of unbranched alkanes of at least 4 members (excludes halogenated alkanes) is 1. The van der Waals surface area contributed by atoms with E-state index in [4.69, 9.17) is 9.47 Å². The standard InChI is InChI=1S/C48H73N7O8/c1-11-32(6)42(38(62-9)29-39(56)54-28-16-19-37(54)43(63-10)33(7)44(57)51-26-22-34-20-24-49-25-21-34)53(8)48(61)41(31(4)5)52-45(58)40(30(2)3)50-23-14-15-27-55-46(59)35-17-12-13-18-36(35)47(55)60/h12-13,17-18,20-21,24-25,30-33,37-38,40-43,50H,11,14-16,19,22-23,26-29H2,1-10H3,(H,51,57)(H,52,58)/t32-,33+,37-,38+,40-,41-,42-,43+/m0/s1. The highest BCUT2D eigenvalue weighted by Gasteiger charge is 2.43. The number of hydrogen-bond donors (Lipinski definition) is 3. The van der Waals surface area contributed by atoms with Gasteiger partial charge in [0.2, 0.25) is 23.6 Å². The molecule has 3 N–H and O–H groups in total. The number of hydrogen-bond acceptors (Lipinski definition) is 10. The van der Waals surface area contributed by atoms with E-state index < -0.39 is 36.3 Å². The zero-order valence-electron chi connectivity index (χ0n) is 39.2. The maximum atomic E-state index is 14.5. The third-order valence-corrected chi connectivity index (χ3v) is 13.0.